The van der Waals surface area contributed by atoms with Gasteiger partial charge in [-0.2, -0.15) is 0 Å². The minimum Gasteiger partial charge on any atom is -0.312 e. The van der Waals surface area contributed by atoms with Crippen molar-refractivity contribution in [3.05, 3.63) is 35.9 Å². The lowest BCUT2D eigenvalue weighted by Gasteiger charge is -2.35. The maximum absolute atomic E-state index is 3.94. The number of piperidine rings is 1. The molecule has 3 fully saturated rings. The summed E-state index contributed by atoms with van der Waals surface area (Å²) in [5.74, 6) is 1.79. The molecule has 0 unspecified atom stereocenters. The number of fused-ring (bicyclic) bond motifs is 1. The second kappa shape index (κ2) is 9.04. The monoisotopic (exact) mass is 370 g/mol. The van der Waals surface area contributed by atoms with E-state index in [1.54, 1.807) is 0 Å². The summed E-state index contributed by atoms with van der Waals surface area (Å²) in [4.78, 5) is 7.75. The van der Waals surface area contributed by atoms with E-state index in [0.29, 0.717) is 0 Å². The quantitative estimate of drug-likeness (QED) is 0.796. The van der Waals surface area contributed by atoms with Crippen LogP contribution < -0.4 is 5.32 Å². The van der Waals surface area contributed by atoms with Gasteiger partial charge in [0.25, 0.3) is 0 Å². The largest absolute Gasteiger partial charge is 0.312 e. The summed E-state index contributed by atoms with van der Waals surface area (Å²) in [6.45, 7) is 8.64. The molecule has 4 rings (SSSR count). The highest BCUT2D eigenvalue weighted by molar-refractivity contribution is 5.15. The van der Waals surface area contributed by atoms with Crippen molar-refractivity contribution < 1.29 is 0 Å². The SMILES string of the molecule is CN(C)C1CCN(CCN[C@@H]2CC[C@@H]3CN(Cc4ccccc4)C[C@H]32)CC1. The lowest BCUT2D eigenvalue weighted by Crippen LogP contribution is -2.45. The molecule has 2 heterocycles. The van der Waals surface area contributed by atoms with E-state index < -0.39 is 0 Å². The van der Waals surface area contributed by atoms with Crippen LogP contribution in [-0.2, 0) is 6.54 Å². The Morgan fingerprint density at radius 1 is 0.963 bits per heavy atom. The molecule has 1 saturated carbocycles. The van der Waals surface area contributed by atoms with Crippen molar-refractivity contribution in [2.75, 3.05) is 53.4 Å². The van der Waals surface area contributed by atoms with Crippen LogP contribution in [0, 0.1) is 11.8 Å². The average Bonchev–Trinajstić information content (AvgIpc) is 3.24. The van der Waals surface area contributed by atoms with Crippen molar-refractivity contribution in [2.24, 2.45) is 11.8 Å². The van der Waals surface area contributed by atoms with E-state index >= 15 is 0 Å². The van der Waals surface area contributed by atoms with Crippen LogP contribution >= 0.6 is 0 Å². The van der Waals surface area contributed by atoms with E-state index in [0.717, 1.165) is 30.5 Å². The molecule has 150 valence electrons. The fourth-order valence-electron chi connectivity index (χ4n) is 5.65. The summed E-state index contributed by atoms with van der Waals surface area (Å²) < 4.78 is 0. The molecule has 4 heteroatoms. The predicted octanol–water partition coefficient (Wildman–Crippen LogP) is 2.51. The summed E-state index contributed by atoms with van der Waals surface area (Å²) in [6.07, 6.45) is 5.46. The Morgan fingerprint density at radius 2 is 1.74 bits per heavy atom. The van der Waals surface area contributed by atoms with Gasteiger partial charge in [0.2, 0.25) is 0 Å². The molecule has 2 aliphatic heterocycles. The van der Waals surface area contributed by atoms with Crippen molar-refractivity contribution in [1.82, 2.24) is 20.0 Å². The Bertz CT molecular complexity index is 567. The zero-order valence-electron chi connectivity index (χ0n) is 17.3. The van der Waals surface area contributed by atoms with Crippen molar-refractivity contribution in [2.45, 2.75) is 44.3 Å². The number of hydrogen-bond donors (Lipinski definition) is 1. The van der Waals surface area contributed by atoms with Crippen LogP contribution in [0.3, 0.4) is 0 Å². The summed E-state index contributed by atoms with van der Waals surface area (Å²) in [5.41, 5.74) is 1.46. The molecule has 1 aromatic rings. The maximum atomic E-state index is 3.94. The van der Waals surface area contributed by atoms with E-state index in [9.17, 15) is 0 Å². The molecule has 4 nitrogen and oxygen atoms in total. The average molecular weight is 371 g/mol. The second-order valence-corrected chi connectivity index (χ2v) is 9.28. The smallest absolute Gasteiger partial charge is 0.0233 e. The first-order chi connectivity index (χ1) is 13.2. The summed E-state index contributed by atoms with van der Waals surface area (Å²) in [7, 11) is 4.45. The van der Waals surface area contributed by atoms with Crippen LogP contribution in [0.4, 0.5) is 0 Å². The highest BCUT2D eigenvalue weighted by Gasteiger charge is 2.42. The molecule has 0 bridgehead atoms. The lowest BCUT2D eigenvalue weighted by molar-refractivity contribution is 0.144. The highest BCUT2D eigenvalue weighted by atomic mass is 15.2. The van der Waals surface area contributed by atoms with Gasteiger partial charge in [0.1, 0.15) is 0 Å². The van der Waals surface area contributed by atoms with Gasteiger partial charge in [0, 0.05) is 44.8 Å². The molecule has 3 atom stereocenters. The molecule has 3 aliphatic rings. The molecule has 1 aliphatic carbocycles. The maximum Gasteiger partial charge on any atom is 0.0233 e. The first-order valence-corrected chi connectivity index (χ1v) is 11.1. The van der Waals surface area contributed by atoms with E-state index in [1.807, 2.05) is 0 Å². The lowest BCUT2D eigenvalue weighted by atomic mass is 9.98. The number of nitrogens with zero attached hydrogens (tertiary/aromatic N) is 3. The first-order valence-electron chi connectivity index (χ1n) is 11.1. The van der Waals surface area contributed by atoms with E-state index in [2.05, 4.69) is 64.4 Å². The first kappa shape index (κ1) is 19.4. The van der Waals surface area contributed by atoms with Gasteiger partial charge in [-0.15, -0.1) is 0 Å². The van der Waals surface area contributed by atoms with Crippen LogP contribution in [-0.4, -0.2) is 80.1 Å². The van der Waals surface area contributed by atoms with Crippen molar-refractivity contribution in [3.63, 3.8) is 0 Å². The molecular weight excluding hydrogens is 332 g/mol. The third kappa shape index (κ3) is 4.92. The third-order valence-electron chi connectivity index (χ3n) is 7.30. The Morgan fingerprint density at radius 3 is 2.48 bits per heavy atom. The topological polar surface area (TPSA) is 21.8 Å². The number of rotatable bonds is 7. The fourth-order valence-corrected chi connectivity index (χ4v) is 5.65. The summed E-state index contributed by atoms with van der Waals surface area (Å²) in [5, 5.41) is 3.94. The molecule has 0 spiro atoms. The highest BCUT2D eigenvalue weighted by Crippen LogP contribution is 2.38. The Labute approximate surface area is 165 Å². The zero-order chi connectivity index (χ0) is 18.6. The van der Waals surface area contributed by atoms with Crippen molar-refractivity contribution in [1.29, 1.82) is 0 Å². The van der Waals surface area contributed by atoms with Crippen molar-refractivity contribution >= 4 is 0 Å². The standard InChI is InChI=1S/C23H38N4/c1-25(2)21-10-13-26(14-11-21)15-12-24-23-9-8-20-17-27(18-22(20)23)16-19-6-4-3-5-7-19/h3-7,20-24H,8-18H2,1-2H3/t20-,22-,23-/m1/s1. The zero-order valence-corrected chi connectivity index (χ0v) is 17.3. The molecule has 2 saturated heterocycles. The van der Waals surface area contributed by atoms with Gasteiger partial charge >= 0.3 is 0 Å². The third-order valence-corrected chi connectivity index (χ3v) is 7.30. The Balaban J connectivity index is 1.18. The predicted molar refractivity (Wildman–Crippen MR) is 113 cm³/mol. The molecule has 27 heavy (non-hydrogen) atoms. The molecule has 0 aromatic heterocycles. The fraction of sp³-hybridized carbons (Fsp3) is 0.739. The van der Waals surface area contributed by atoms with E-state index in [-0.39, 0.29) is 0 Å². The molecular formula is C23H38N4. The Kier molecular flexibility index (Phi) is 6.49. The molecule has 0 amide bonds. The Hall–Kier alpha value is -0.940. The molecule has 0 radical (unpaired) electrons. The number of likely N-dealkylation sites (tertiary alicyclic amines) is 2. The summed E-state index contributed by atoms with van der Waals surface area (Å²) in [6, 6.07) is 12.5. The number of benzene rings is 1. The van der Waals surface area contributed by atoms with Gasteiger partial charge < -0.3 is 15.1 Å². The minimum absolute atomic E-state index is 0.745. The van der Waals surface area contributed by atoms with Gasteiger partial charge in [-0.1, -0.05) is 30.3 Å². The van der Waals surface area contributed by atoms with Crippen LogP contribution in [0.2, 0.25) is 0 Å². The second-order valence-electron chi connectivity index (χ2n) is 9.28. The van der Waals surface area contributed by atoms with Crippen LogP contribution in [0.5, 0.6) is 0 Å². The van der Waals surface area contributed by atoms with Gasteiger partial charge in [-0.25, -0.2) is 0 Å². The van der Waals surface area contributed by atoms with E-state index in [1.165, 1.54) is 70.5 Å². The van der Waals surface area contributed by atoms with E-state index in [4.69, 9.17) is 0 Å². The summed E-state index contributed by atoms with van der Waals surface area (Å²) >= 11 is 0. The number of nitrogens with one attached hydrogen (secondary N) is 1. The van der Waals surface area contributed by atoms with Gasteiger partial charge in [0.15, 0.2) is 0 Å². The normalized spacial score (nSPS) is 30.3. The minimum atomic E-state index is 0.745. The van der Waals surface area contributed by atoms with Crippen LogP contribution in [0.15, 0.2) is 30.3 Å². The van der Waals surface area contributed by atoms with Gasteiger partial charge in [-0.3, -0.25) is 4.90 Å². The van der Waals surface area contributed by atoms with Gasteiger partial charge in [-0.05, 0) is 70.3 Å². The van der Waals surface area contributed by atoms with Crippen LogP contribution in [0.25, 0.3) is 0 Å². The van der Waals surface area contributed by atoms with Gasteiger partial charge in [0.05, 0.1) is 0 Å². The van der Waals surface area contributed by atoms with Crippen LogP contribution in [0.1, 0.15) is 31.2 Å². The van der Waals surface area contributed by atoms with Crippen molar-refractivity contribution in [3.8, 4) is 0 Å². The number of hydrogen-bond acceptors (Lipinski definition) is 4. The molecule has 1 N–H and O–H groups in total. The molecule has 1 aromatic carbocycles.